The van der Waals surface area contributed by atoms with Crippen molar-refractivity contribution in [2.24, 2.45) is 12.8 Å². The summed E-state index contributed by atoms with van der Waals surface area (Å²) in [6.45, 7) is 0.748. The number of nitrogens with two attached hydrogens (primary N) is 1. The van der Waals surface area contributed by atoms with Crippen LogP contribution in [0.1, 0.15) is 15.9 Å². The molecule has 0 unspecified atom stereocenters. The van der Waals surface area contributed by atoms with Crippen LogP contribution in [0.4, 0.5) is 5.69 Å². The van der Waals surface area contributed by atoms with Crippen molar-refractivity contribution in [3.8, 4) is 0 Å². The maximum Gasteiger partial charge on any atom is 0.253 e. The molecule has 22 heavy (non-hydrogen) atoms. The van der Waals surface area contributed by atoms with E-state index in [9.17, 15) is 9.59 Å². The number of carbonyl (C=O) groups is 2. The highest BCUT2D eigenvalue weighted by atomic mass is 16.2. The minimum absolute atomic E-state index is 0.201. The number of nitrogens with one attached hydrogen (secondary N) is 2. The van der Waals surface area contributed by atoms with Gasteiger partial charge in [0.05, 0.1) is 23.9 Å². The van der Waals surface area contributed by atoms with Crippen LogP contribution >= 0.6 is 0 Å². The Morgan fingerprint density at radius 1 is 1.32 bits per heavy atom. The molecule has 0 radical (unpaired) electrons. The van der Waals surface area contributed by atoms with E-state index < -0.39 is 0 Å². The Morgan fingerprint density at radius 3 is 2.77 bits per heavy atom. The Hall–Kier alpha value is -2.67. The second kappa shape index (κ2) is 7.37. The van der Waals surface area contributed by atoms with E-state index in [1.165, 1.54) is 0 Å². The summed E-state index contributed by atoms with van der Waals surface area (Å²) in [4.78, 5) is 24.1. The van der Waals surface area contributed by atoms with Gasteiger partial charge in [0.2, 0.25) is 5.91 Å². The van der Waals surface area contributed by atoms with E-state index >= 15 is 0 Å². The fourth-order valence-corrected chi connectivity index (χ4v) is 2.01. The second-order valence-corrected chi connectivity index (χ2v) is 4.84. The zero-order valence-electron chi connectivity index (χ0n) is 12.4. The van der Waals surface area contributed by atoms with Gasteiger partial charge in [-0.25, -0.2) is 0 Å². The van der Waals surface area contributed by atoms with Crippen LogP contribution in [0.5, 0.6) is 0 Å². The first-order valence-electron chi connectivity index (χ1n) is 6.95. The quantitative estimate of drug-likeness (QED) is 0.713. The van der Waals surface area contributed by atoms with Gasteiger partial charge in [0.15, 0.2) is 0 Å². The summed E-state index contributed by atoms with van der Waals surface area (Å²) < 4.78 is 1.64. The van der Waals surface area contributed by atoms with Crippen LogP contribution in [0, 0.1) is 0 Å². The maximum atomic E-state index is 12.1. The summed E-state index contributed by atoms with van der Waals surface area (Å²) in [5.41, 5.74) is 7.07. The standard InChI is InChI=1S/C15H19N5O2/c1-20-10-11(9-18-20)8-14(21)19-13-5-3-2-4-12(13)15(22)17-7-6-16/h2-5,9-10H,6-8,16H2,1H3,(H,17,22)(H,19,21). The average molecular weight is 301 g/mol. The van der Waals surface area contributed by atoms with Crippen molar-refractivity contribution >= 4 is 17.5 Å². The highest BCUT2D eigenvalue weighted by Gasteiger charge is 2.13. The predicted molar refractivity (Wildman–Crippen MR) is 83.4 cm³/mol. The van der Waals surface area contributed by atoms with Crippen molar-refractivity contribution in [2.45, 2.75) is 6.42 Å². The number of anilines is 1. The zero-order valence-corrected chi connectivity index (χ0v) is 12.4. The molecule has 7 nitrogen and oxygen atoms in total. The van der Waals surface area contributed by atoms with Crippen LogP contribution < -0.4 is 16.4 Å². The van der Waals surface area contributed by atoms with Crippen molar-refractivity contribution < 1.29 is 9.59 Å². The minimum atomic E-state index is -0.261. The number of hydrogen-bond acceptors (Lipinski definition) is 4. The van der Waals surface area contributed by atoms with Gasteiger partial charge in [-0.3, -0.25) is 14.3 Å². The van der Waals surface area contributed by atoms with Crippen LogP contribution in [0.15, 0.2) is 36.7 Å². The van der Waals surface area contributed by atoms with Gasteiger partial charge < -0.3 is 16.4 Å². The third-order valence-corrected chi connectivity index (χ3v) is 3.00. The van der Waals surface area contributed by atoms with Crippen molar-refractivity contribution in [2.75, 3.05) is 18.4 Å². The zero-order chi connectivity index (χ0) is 15.9. The first-order valence-corrected chi connectivity index (χ1v) is 6.95. The first kappa shape index (κ1) is 15.7. The van der Waals surface area contributed by atoms with E-state index in [-0.39, 0.29) is 18.2 Å². The molecule has 4 N–H and O–H groups in total. The molecule has 2 aromatic rings. The summed E-state index contributed by atoms with van der Waals surface area (Å²) >= 11 is 0. The van der Waals surface area contributed by atoms with Gasteiger partial charge in [0.25, 0.3) is 5.91 Å². The largest absolute Gasteiger partial charge is 0.351 e. The SMILES string of the molecule is Cn1cc(CC(=O)Nc2ccccc2C(=O)NCCN)cn1. The second-order valence-electron chi connectivity index (χ2n) is 4.84. The van der Waals surface area contributed by atoms with Gasteiger partial charge >= 0.3 is 0 Å². The Kier molecular flexibility index (Phi) is 5.26. The monoisotopic (exact) mass is 301 g/mol. The summed E-state index contributed by atoms with van der Waals surface area (Å²) in [5.74, 6) is -0.463. The molecule has 0 aliphatic heterocycles. The van der Waals surface area contributed by atoms with E-state index in [0.717, 1.165) is 5.56 Å². The van der Waals surface area contributed by atoms with E-state index in [1.54, 1.807) is 48.4 Å². The van der Waals surface area contributed by atoms with Crippen LogP contribution in [-0.4, -0.2) is 34.7 Å². The maximum absolute atomic E-state index is 12.1. The third-order valence-electron chi connectivity index (χ3n) is 3.00. The lowest BCUT2D eigenvalue weighted by atomic mass is 10.1. The number of benzene rings is 1. The number of nitrogens with zero attached hydrogens (tertiary/aromatic N) is 2. The molecule has 1 heterocycles. The predicted octanol–water partition coefficient (Wildman–Crippen LogP) is 0.290. The lowest BCUT2D eigenvalue weighted by Crippen LogP contribution is -2.30. The lowest BCUT2D eigenvalue weighted by Gasteiger charge is -2.10. The Balaban J connectivity index is 2.05. The highest BCUT2D eigenvalue weighted by molar-refractivity contribution is 6.04. The van der Waals surface area contributed by atoms with Gasteiger partial charge in [0, 0.05) is 26.3 Å². The van der Waals surface area contributed by atoms with E-state index in [4.69, 9.17) is 5.73 Å². The number of aryl methyl sites for hydroxylation is 1. The lowest BCUT2D eigenvalue weighted by molar-refractivity contribution is -0.115. The van der Waals surface area contributed by atoms with Crippen molar-refractivity contribution in [1.82, 2.24) is 15.1 Å². The molecular formula is C15H19N5O2. The molecule has 2 amide bonds. The molecule has 1 aromatic heterocycles. The summed E-state index contributed by atoms with van der Waals surface area (Å²) in [5, 5.41) is 9.46. The number of carbonyl (C=O) groups excluding carboxylic acids is 2. The number of amides is 2. The first-order chi connectivity index (χ1) is 10.6. The Bertz CT molecular complexity index is 665. The molecule has 0 saturated carbocycles. The van der Waals surface area contributed by atoms with E-state index in [2.05, 4.69) is 15.7 Å². The minimum Gasteiger partial charge on any atom is -0.351 e. The van der Waals surface area contributed by atoms with Crippen LogP contribution in [-0.2, 0) is 18.3 Å². The van der Waals surface area contributed by atoms with Gasteiger partial charge in [-0.1, -0.05) is 12.1 Å². The smallest absolute Gasteiger partial charge is 0.253 e. The van der Waals surface area contributed by atoms with Crippen molar-refractivity contribution in [3.63, 3.8) is 0 Å². The molecule has 0 aliphatic carbocycles. The molecule has 0 aliphatic rings. The van der Waals surface area contributed by atoms with Gasteiger partial charge in [-0.15, -0.1) is 0 Å². The Labute approximate surface area is 128 Å². The van der Waals surface area contributed by atoms with Crippen LogP contribution in [0.25, 0.3) is 0 Å². The topological polar surface area (TPSA) is 102 Å². The van der Waals surface area contributed by atoms with Crippen molar-refractivity contribution in [1.29, 1.82) is 0 Å². The molecule has 116 valence electrons. The molecule has 1 aromatic carbocycles. The van der Waals surface area contributed by atoms with Crippen LogP contribution in [0.3, 0.4) is 0 Å². The van der Waals surface area contributed by atoms with Crippen molar-refractivity contribution in [3.05, 3.63) is 47.8 Å². The fraction of sp³-hybridized carbons (Fsp3) is 0.267. The molecule has 0 spiro atoms. The van der Waals surface area contributed by atoms with Crippen LogP contribution in [0.2, 0.25) is 0 Å². The van der Waals surface area contributed by atoms with Gasteiger partial charge in [-0.05, 0) is 17.7 Å². The summed E-state index contributed by atoms with van der Waals surface area (Å²) in [7, 11) is 1.79. The number of aromatic nitrogens is 2. The third kappa shape index (κ3) is 4.16. The fourth-order valence-electron chi connectivity index (χ4n) is 2.01. The molecular weight excluding hydrogens is 282 g/mol. The molecule has 0 fully saturated rings. The normalized spacial score (nSPS) is 10.3. The van der Waals surface area contributed by atoms with Gasteiger partial charge in [0.1, 0.15) is 0 Å². The molecule has 0 bridgehead atoms. The number of para-hydroxylation sites is 1. The number of hydrogen-bond donors (Lipinski definition) is 3. The summed E-state index contributed by atoms with van der Waals surface area (Å²) in [6.07, 6.45) is 3.62. The molecule has 0 atom stereocenters. The van der Waals surface area contributed by atoms with Gasteiger partial charge in [-0.2, -0.15) is 5.10 Å². The highest BCUT2D eigenvalue weighted by Crippen LogP contribution is 2.15. The average Bonchev–Trinajstić information content (AvgIpc) is 2.90. The summed E-state index contributed by atoms with van der Waals surface area (Å²) in [6, 6.07) is 6.86. The van der Waals surface area contributed by atoms with E-state index in [0.29, 0.717) is 24.3 Å². The van der Waals surface area contributed by atoms with E-state index in [1.807, 2.05) is 0 Å². The Morgan fingerprint density at radius 2 is 2.09 bits per heavy atom. The molecule has 0 saturated heterocycles. The molecule has 7 heteroatoms. The molecule has 2 rings (SSSR count). The number of rotatable bonds is 6.